The maximum Gasteiger partial charge on any atom is 0.324 e. The first-order chi connectivity index (χ1) is 13.1. The fourth-order valence-electron chi connectivity index (χ4n) is 2.40. The molecule has 27 heavy (non-hydrogen) atoms. The minimum absolute atomic E-state index is 0.420. The number of hydrogen-bond acceptors (Lipinski definition) is 7. The Bertz CT molecular complexity index is 920. The fraction of sp³-hybridized carbons (Fsp3) is 0.312. The van der Waals surface area contributed by atoms with E-state index in [0.29, 0.717) is 41.9 Å². The molecule has 3 rings (SSSR count). The summed E-state index contributed by atoms with van der Waals surface area (Å²) in [4.78, 5) is 12.2. The minimum Gasteiger partial charge on any atom is -0.494 e. The number of aromatic nitrogens is 6. The third kappa shape index (κ3) is 4.39. The molecule has 11 nitrogen and oxygen atoms in total. The second-order valence-corrected chi connectivity index (χ2v) is 5.56. The summed E-state index contributed by atoms with van der Waals surface area (Å²) in [6.45, 7) is 2.91. The van der Waals surface area contributed by atoms with Crippen molar-refractivity contribution in [2.45, 2.75) is 13.5 Å². The molecule has 11 heteroatoms. The number of nitrogens with zero attached hydrogens (tertiary/aromatic N) is 6. The van der Waals surface area contributed by atoms with Crippen molar-refractivity contribution in [2.24, 2.45) is 0 Å². The molecule has 0 aliphatic carbocycles. The lowest BCUT2D eigenvalue weighted by atomic mass is 10.2. The number of rotatable bonds is 7. The van der Waals surface area contributed by atoms with Crippen molar-refractivity contribution in [2.75, 3.05) is 31.5 Å². The summed E-state index contributed by atoms with van der Waals surface area (Å²) in [6, 6.07) is 6.46. The van der Waals surface area contributed by atoms with Crippen LogP contribution < -0.4 is 15.4 Å². The van der Waals surface area contributed by atoms with E-state index in [4.69, 9.17) is 9.47 Å². The number of urea groups is 1. The fourth-order valence-corrected chi connectivity index (χ4v) is 2.40. The van der Waals surface area contributed by atoms with Crippen LogP contribution >= 0.6 is 0 Å². The summed E-state index contributed by atoms with van der Waals surface area (Å²) < 4.78 is 13.6. The monoisotopic (exact) mass is 372 g/mol. The Morgan fingerprint density at radius 1 is 1.22 bits per heavy atom. The number of methoxy groups -OCH3 is 2. The summed E-state index contributed by atoms with van der Waals surface area (Å²) >= 11 is 0. The van der Waals surface area contributed by atoms with E-state index in [9.17, 15) is 4.79 Å². The van der Waals surface area contributed by atoms with Crippen LogP contribution in [-0.2, 0) is 11.3 Å². The van der Waals surface area contributed by atoms with E-state index in [2.05, 4.69) is 31.3 Å². The van der Waals surface area contributed by atoms with Gasteiger partial charge in [-0.1, -0.05) is 0 Å². The molecular weight excluding hydrogens is 352 g/mol. The molecule has 2 amide bonds. The van der Waals surface area contributed by atoms with Crippen LogP contribution in [0.3, 0.4) is 0 Å². The van der Waals surface area contributed by atoms with Gasteiger partial charge >= 0.3 is 6.03 Å². The Hall–Kier alpha value is -3.47. The lowest BCUT2D eigenvalue weighted by Crippen LogP contribution is -2.20. The predicted octanol–water partition coefficient (Wildman–Crippen LogP) is 1.47. The molecule has 1 aromatic carbocycles. The summed E-state index contributed by atoms with van der Waals surface area (Å²) in [7, 11) is 3.17. The first-order valence-electron chi connectivity index (χ1n) is 8.14. The standard InChI is InChI=1S/C16H20N8O3/c1-11-19-21-22-24(11)13-10-12(4-5-14(13)27-3)17-16(25)18-15-6-7-23(20-15)8-9-26-2/h4-7,10H,8-9H2,1-3H3,(H2,17,18,20,25). The van der Waals surface area contributed by atoms with Crippen LogP contribution in [0.5, 0.6) is 5.75 Å². The lowest BCUT2D eigenvalue weighted by Gasteiger charge is -2.12. The number of carbonyl (C=O) groups excluding carboxylic acids is 1. The second kappa shape index (κ2) is 8.27. The zero-order chi connectivity index (χ0) is 19.2. The van der Waals surface area contributed by atoms with Crippen molar-refractivity contribution in [3.8, 4) is 11.4 Å². The molecule has 142 valence electrons. The molecule has 0 saturated carbocycles. The number of ether oxygens (including phenoxy) is 2. The third-order valence-electron chi connectivity index (χ3n) is 3.70. The summed E-state index contributed by atoms with van der Waals surface area (Å²) in [5, 5.41) is 21.1. The average molecular weight is 372 g/mol. The van der Waals surface area contributed by atoms with Crippen molar-refractivity contribution in [3.05, 3.63) is 36.3 Å². The summed E-state index contributed by atoms with van der Waals surface area (Å²) in [5.74, 6) is 1.61. The van der Waals surface area contributed by atoms with Crippen LogP contribution in [0.2, 0.25) is 0 Å². The average Bonchev–Trinajstić information content (AvgIpc) is 3.28. The molecule has 0 radical (unpaired) electrons. The highest BCUT2D eigenvalue weighted by atomic mass is 16.5. The first-order valence-corrected chi connectivity index (χ1v) is 8.14. The Labute approximate surface area is 155 Å². The highest BCUT2D eigenvalue weighted by molar-refractivity contribution is 5.99. The number of hydrogen-bond donors (Lipinski definition) is 2. The van der Waals surface area contributed by atoms with Crippen LogP contribution in [0.25, 0.3) is 5.69 Å². The summed E-state index contributed by atoms with van der Waals surface area (Å²) in [6.07, 6.45) is 1.76. The van der Waals surface area contributed by atoms with Gasteiger partial charge in [-0.3, -0.25) is 10.00 Å². The van der Waals surface area contributed by atoms with Crippen LogP contribution in [0, 0.1) is 6.92 Å². The van der Waals surface area contributed by atoms with Gasteiger partial charge in [0, 0.05) is 25.1 Å². The highest BCUT2D eigenvalue weighted by Gasteiger charge is 2.13. The van der Waals surface area contributed by atoms with E-state index in [0.717, 1.165) is 0 Å². The van der Waals surface area contributed by atoms with E-state index in [1.165, 1.54) is 4.68 Å². The van der Waals surface area contributed by atoms with Gasteiger partial charge in [-0.2, -0.15) is 9.78 Å². The van der Waals surface area contributed by atoms with Gasteiger partial charge in [0.1, 0.15) is 11.4 Å². The number of nitrogens with one attached hydrogen (secondary N) is 2. The van der Waals surface area contributed by atoms with Crippen LogP contribution in [0.1, 0.15) is 5.82 Å². The van der Waals surface area contributed by atoms with E-state index in [1.54, 1.807) is 56.3 Å². The van der Waals surface area contributed by atoms with E-state index < -0.39 is 6.03 Å². The van der Waals surface area contributed by atoms with Crippen LogP contribution in [-0.4, -0.2) is 56.8 Å². The van der Waals surface area contributed by atoms with Gasteiger partial charge in [0.15, 0.2) is 11.6 Å². The van der Waals surface area contributed by atoms with E-state index in [-0.39, 0.29) is 0 Å². The normalized spacial score (nSPS) is 10.6. The Balaban J connectivity index is 1.71. The topological polar surface area (TPSA) is 121 Å². The Kier molecular flexibility index (Phi) is 5.61. The molecule has 0 aliphatic rings. The largest absolute Gasteiger partial charge is 0.494 e. The van der Waals surface area contributed by atoms with Crippen molar-refractivity contribution >= 4 is 17.5 Å². The Morgan fingerprint density at radius 2 is 2.07 bits per heavy atom. The van der Waals surface area contributed by atoms with Crippen LogP contribution in [0.15, 0.2) is 30.5 Å². The molecule has 0 spiro atoms. The van der Waals surface area contributed by atoms with Gasteiger partial charge in [-0.15, -0.1) is 5.10 Å². The summed E-state index contributed by atoms with van der Waals surface area (Å²) in [5.41, 5.74) is 1.17. The number of carbonyl (C=O) groups is 1. The van der Waals surface area contributed by atoms with Gasteiger partial charge in [0.2, 0.25) is 0 Å². The second-order valence-electron chi connectivity index (χ2n) is 5.56. The number of amides is 2. The first kappa shape index (κ1) is 18.3. The van der Waals surface area contributed by atoms with Gasteiger partial charge in [0.05, 0.1) is 20.3 Å². The smallest absolute Gasteiger partial charge is 0.324 e. The number of anilines is 2. The molecule has 0 fully saturated rings. The minimum atomic E-state index is -0.420. The number of aryl methyl sites for hydroxylation is 1. The SMILES string of the molecule is COCCn1ccc(NC(=O)Nc2ccc(OC)c(-n3nnnc3C)c2)n1. The molecule has 0 bridgehead atoms. The molecular formula is C16H20N8O3. The van der Waals surface area contributed by atoms with Gasteiger partial charge < -0.3 is 14.8 Å². The number of benzene rings is 1. The maximum atomic E-state index is 12.2. The van der Waals surface area contributed by atoms with Crippen molar-refractivity contribution in [1.29, 1.82) is 0 Å². The van der Waals surface area contributed by atoms with Gasteiger partial charge in [0.25, 0.3) is 0 Å². The van der Waals surface area contributed by atoms with Crippen LogP contribution in [0.4, 0.5) is 16.3 Å². The van der Waals surface area contributed by atoms with Crippen molar-refractivity contribution in [3.63, 3.8) is 0 Å². The maximum absolute atomic E-state index is 12.2. The number of tetrazole rings is 1. The molecule has 2 aromatic heterocycles. The molecule has 0 atom stereocenters. The third-order valence-corrected chi connectivity index (χ3v) is 3.70. The molecule has 2 N–H and O–H groups in total. The molecule has 3 aromatic rings. The molecule has 0 unspecified atom stereocenters. The molecule has 0 saturated heterocycles. The van der Waals surface area contributed by atoms with Crippen molar-refractivity contribution < 1.29 is 14.3 Å². The van der Waals surface area contributed by atoms with E-state index >= 15 is 0 Å². The van der Waals surface area contributed by atoms with E-state index in [1.807, 2.05) is 0 Å². The van der Waals surface area contributed by atoms with Crippen molar-refractivity contribution in [1.82, 2.24) is 30.0 Å². The molecule has 0 aliphatic heterocycles. The zero-order valence-electron chi connectivity index (χ0n) is 15.2. The Morgan fingerprint density at radius 3 is 2.78 bits per heavy atom. The highest BCUT2D eigenvalue weighted by Crippen LogP contribution is 2.26. The zero-order valence-corrected chi connectivity index (χ0v) is 15.2. The van der Waals surface area contributed by atoms with Gasteiger partial charge in [-0.05, 0) is 35.5 Å². The van der Waals surface area contributed by atoms with Gasteiger partial charge in [-0.25, -0.2) is 4.79 Å². The lowest BCUT2D eigenvalue weighted by molar-refractivity contribution is 0.183. The molecule has 2 heterocycles. The predicted molar refractivity (Wildman–Crippen MR) is 97.2 cm³/mol. The quantitative estimate of drug-likeness (QED) is 0.644.